The number of guanidine groups is 1. The van der Waals surface area contributed by atoms with Gasteiger partial charge in [-0.25, -0.2) is 0 Å². The molecule has 5 nitrogen and oxygen atoms in total. The first-order valence-electron chi connectivity index (χ1n) is 8.91. The molecule has 1 fully saturated rings. The Morgan fingerprint density at radius 2 is 2.17 bits per heavy atom. The number of ether oxygens (including phenoxy) is 1. The van der Waals surface area contributed by atoms with E-state index in [1.165, 1.54) is 5.69 Å². The Morgan fingerprint density at radius 1 is 1.42 bits per heavy atom. The molecule has 1 N–H and O–H groups in total. The zero-order chi connectivity index (χ0) is 17.4. The number of aliphatic imine (C=N–C) groups is 1. The largest absolute Gasteiger partial charge is 0.381 e. The highest BCUT2D eigenvalue weighted by Crippen LogP contribution is 2.35. The molecule has 0 unspecified atom stereocenters. The predicted octanol–water partition coefficient (Wildman–Crippen LogP) is 2.72. The van der Waals surface area contributed by atoms with Gasteiger partial charge in [0, 0.05) is 50.5 Å². The van der Waals surface area contributed by atoms with Gasteiger partial charge in [-0.1, -0.05) is 6.92 Å². The molecule has 0 radical (unpaired) electrons. The third-order valence-electron chi connectivity index (χ3n) is 4.52. The molecule has 136 valence electrons. The number of rotatable bonds is 7. The predicted molar refractivity (Wildman–Crippen MR) is 104 cm³/mol. The zero-order valence-electron chi connectivity index (χ0n) is 15.5. The molecule has 1 aliphatic heterocycles. The molecule has 1 aliphatic rings. The summed E-state index contributed by atoms with van der Waals surface area (Å²) in [5.41, 5.74) is 1.28. The lowest BCUT2D eigenvalue weighted by Gasteiger charge is -2.35. The van der Waals surface area contributed by atoms with Gasteiger partial charge in [0.1, 0.15) is 0 Å². The summed E-state index contributed by atoms with van der Waals surface area (Å²) in [7, 11) is 4.19. The van der Waals surface area contributed by atoms with Crippen LogP contribution in [0.5, 0.6) is 0 Å². The van der Waals surface area contributed by atoms with E-state index in [0.717, 1.165) is 57.4 Å². The van der Waals surface area contributed by atoms with Crippen LogP contribution in [0.25, 0.3) is 0 Å². The molecule has 1 saturated heterocycles. The van der Waals surface area contributed by atoms with Crippen molar-refractivity contribution in [2.45, 2.75) is 38.0 Å². The molecule has 1 aromatic rings. The Morgan fingerprint density at radius 3 is 2.75 bits per heavy atom. The van der Waals surface area contributed by atoms with Crippen LogP contribution in [-0.4, -0.2) is 59.3 Å². The minimum absolute atomic E-state index is 0.236. The number of hydrogen-bond acceptors (Lipinski definition) is 3. The summed E-state index contributed by atoms with van der Waals surface area (Å²) in [4.78, 5) is 7.19. The first kappa shape index (κ1) is 19.2. The van der Waals surface area contributed by atoms with Gasteiger partial charge in [-0.05, 0) is 37.7 Å². The summed E-state index contributed by atoms with van der Waals surface area (Å²) in [5, 5.41) is 3.44. The van der Waals surface area contributed by atoms with Gasteiger partial charge >= 0.3 is 0 Å². The smallest absolute Gasteiger partial charge is 0.194 e. The van der Waals surface area contributed by atoms with Crippen LogP contribution < -0.4 is 5.32 Å². The van der Waals surface area contributed by atoms with Gasteiger partial charge in [0.2, 0.25) is 0 Å². The zero-order valence-corrected chi connectivity index (χ0v) is 16.4. The molecule has 0 atom stereocenters. The first-order chi connectivity index (χ1) is 11.6. The van der Waals surface area contributed by atoms with Gasteiger partial charge in [0.25, 0.3) is 0 Å². The van der Waals surface area contributed by atoms with Crippen molar-refractivity contribution in [3.63, 3.8) is 0 Å². The van der Waals surface area contributed by atoms with Crippen molar-refractivity contribution >= 4 is 17.7 Å². The summed E-state index contributed by atoms with van der Waals surface area (Å²) >= 11 is 2.04. The monoisotopic (exact) mass is 352 g/mol. The van der Waals surface area contributed by atoms with E-state index < -0.39 is 0 Å². The van der Waals surface area contributed by atoms with Crippen molar-refractivity contribution in [3.05, 3.63) is 24.0 Å². The summed E-state index contributed by atoms with van der Waals surface area (Å²) in [6.07, 6.45) is 4.27. The fourth-order valence-corrected chi connectivity index (χ4v) is 4.29. The second-order valence-electron chi connectivity index (χ2n) is 6.37. The van der Waals surface area contributed by atoms with Crippen LogP contribution in [0.1, 0.15) is 32.4 Å². The minimum Gasteiger partial charge on any atom is -0.381 e. The highest BCUT2D eigenvalue weighted by Gasteiger charge is 2.32. The summed E-state index contributed by atoms with van der Waals surface area (Å²) in [6.45, 7) is 8.67. The SMILES string of the molecule is CCNC(=NCC1(SCC)CCOCC1)N(C)Cc1cccn1C. The second kappa shape index (κ2) is 9.37. The van der Waals surface area contributed by atoms with Gasteiger partial charge in [0.15, 0.2) is 5.96 Å². The Balaban J connectivity index is 2.06. The lowest BCUT2D eigenvalue weighted by Crippen LogP contribution is -2.42. The lowest BCUT2D eigenvalue weighted by atomic mass is 9.99. The van der Waals surface area contributed by atoms with Gasteiger partial charge in [-0.15, -0.1) is 0 Å². The third kappa shape index (κ3) is 5.18. The van der Waals surface area contributed by atoms with Gasteiger partial charge in [0.05, 0.1) is 13.1 Å². The number of thioether (sulfide) groups is 1. The van der Waals surface area contributed by atoms with Gasteiger partial charge in [-0.3, -0.25) is 4.99 Å². The van der Waals surface area contributed by atoms with Crippen molar-refractivity contribution in [2.24, 2.45) is 12.0 Å². The van der Waals surface area contributed by atoms with Crippen molar-refractivity contribution in [2.75, 3.05) is 39.1 Å². The number of nitrogens with one attached hydrogen (secondary N) is 1. The Kier molecular flexibility index (Phi) is 7.49. The van der Waals surface area contributed by atoms with E-state index in [1.807, 2.05) is 11.8 Å². The molecule has 6 heteroatoms. The summed E-state index contributed by atoms with van der Waals surface area (Å²) < 4.78 is 7.96. The molecule has 24 heavy (non-hydrogen) atoms. The maximum absolute atomic E-state index is 5.57. The molecule has 0 aliphatic carbocycles. The molecule has 0 amide bonds. The van der Waals surface area contributed by atoms with Crippen molar-refractivity contribution in [1.82, 2.24) is 14.8 Å². The lowest BCUT2D eigenvalue weighted by molar-refractivity contribution is 0.0793. The average Bonchev–Trinajstić information content (AvgIpc) is 2.97. The Hall–Kier alpha value is -1.14. The fourth-order valence-electron chi connectivity index (χ4n) is 3.06. The molecular formula is C18H32N4OS. The van der Waals surface area contributed by atoms with Gasteiger partial charge in [-0.2, -0.15) is 11.8 Å². The third-order valence-corrected chi connectivity index (χ3v) is 5.96. The van der Waals surface area contributed by atoms with Crippen LogP contribution in [0, 0.1) is 0 Å². The maximum atomic E-state index is 5.57. The molecule has 0 spiro atoms. The Bertz CT molecular complexity index is 517. The topological polar surface area (TPSA) is 41.8 Å². The minimum atomic E-state index is 0.236. The van der Waals surface area contributed by atoms with E-state index in [4.69, 9.17) is 9.73 Å². The first-order valence-corrected chi connectivity index (χ1v) is 9.90. The molecule has 0 aromatic carbocycles. The number of nitrogens with zero attached hydrogens (tertiary/aromatic N) is 3. The molecular weight excluding hydrogens is 320 g/mol. The van der Waals surface area contributed by atoms with Crippen LogP contribution in [0.15, 0.2) is 23.3 Å². The van der Waals surface area contributed by atoms with Crippen molar-refractivity contribution < 1.29 is 4.74 Å². The van der Waals surface area contributed by atoms with E-state index in [1.54, 1.807) is 0 Å². The second-order valence-corrected chi connectivity index (χ2v) is 8.10. The maximum Gasteiger partial charge on any atom is 0.194 e. The fraction of sp³-hybridized carbons (Fsp3) is 0.722. The molecule has 2 heterocycles. The van der Waals surface area contributed by atoms with E-state index in [-0.39, 0.29) is 4.75 Å². The number of aryl methyl sites for hydroxylation is 1. The van der Waals surface area contributed by atoms with E-state index >= 15 is 0 Å². The summed E-state index contributed by atoms with van der Waals surface area (Å²) in [6, 6.07) is 4.25. The summed E-state index contributed by atoms with van der Waals surface area (Å²) in [5.74, 6) is 2.12. The highest BCUT2D eigenvalue weighted by molar-refractivity contribution is 8.00. The van der Waals surface area contributed by atoms with Crippen LogP contribution in [0.3, 0.4) is 0 Å². The highest BCUT2D eigenvalue weighted by atomic mass is 32.2. The van der Waals surface area contributed by atoms with Crippen molar-refractivity contribution in [1.29, 1.82) is 0 Å². The quantitative estimate of drug-likeness (QED) is 0.605. The van der Waals surface area contributed by atoms with E-state index in [9.17, 15) is 0 Å². The van der Waals surface area contributed by atoms with E-state index in [0.29, 0.717) is 0 Å². The molecule has 0 bridgehead atoms. The standard InChI is InChI=1S/C18H32N4OS/c1-5-19-17(22(4)14-16-8-7-11-21(16)3)20-15-18(24-6-2)9-12-23-13-10-18/h7-8,11H,5-6,9-10,12-15H2,1-4H3,(H,19,20). The van der Waals surface area contributed by atoms with Crippen LogP contribution in [0.4, 0.5) is 0 Å². The number of hydrogen-bond donors (Lipinski definition) is 1. The van der Waals surface area contributed by atoms with Crippen LogP contribution >= 0.6 is 11.8 Å². The van der Waals surface area contributed by atoms with E-state index in [2.05, 4.69) is 61.1 Å². The molecule has 0 saturated carbocycles. The molecule has 1 aromatic heterocycles. The van der Waals surface area contributed by atoms with Crippen LogP contribution in [0.2, 0.25) is 0 Å². The van der Waals surface area contributed by atoms with Crippen LogP contribution in [-0.2, 0) is 18.3 Å². The average molecular weight is 353 g/mol. The van der Waals surface area contributed by atoms with Gasteiger partial charge < -0.3 is 19.5 Å². The number of aromatic nitrogens is 1. The van der Waals surface area contributed by atoms with Crippen molar-refractivity contribution in [3.8, 4) is 0 Å². The molecule has 2 rings (SSSR count). The normalized spacial score (nSPS) is 17.8. The Labute approximate surface area is 150 Å².